The summed E-state index contributed by atoms with van der Waals surface area (Å²) >= 11 is 1.17. The lowest BCUT2D eigenvalue weighted by atomic mass is 10.2. The summed E-state index contributed by atoms with van der Waals surface area (Å²) in [5, 5.41) is 2.71. The van der Waals surface area contributed by atoms with Crippen LogP contribution >= 0.6 is 11.8 Å². The molecule has 0 aliphatic heterocycles. The third kappa shape index (κ3) is 7.16. The zero-order chi connectivity index (χ0) is 20.4. The summed E-state index contributed by atoms with van der Waals surface area (Å²) in [5.41, 5.74) is 4.41. The molecule has 0 saturated heterocycles. The van der Waals surface area contributed by atoms with E-state index in [1.54, 1.807) is 30.3 Å². The summed E-state index contributed by atoms with van der Waals surface area (Å²) < 4.78 is 10.1. The molecular formula is C18H19N3O6S. The van der Waals surface area contributed by atoms with Crippen LogP contribution in [-0.2, 0) is 25.7 Å². The van der Waals surface area contributed by atoms with Crippen LogP contribution in [0, 0.1) is 0 Å². The molecule has 2 aromatic rings. The van der Waals surface area contributed by atoms with Gasteiger partial charge in [-0.15, -0.1) is 11.8 Å². The Balaban J connectivity index is 1.83. The van der Waals surface area contributed by atoms with Crippen LogP contribution in [-0.4, -0.2) is 36.1 Å². The van der Waals surface area contributed by atoms with Crippen molar-refractivity contribution in [3.05, 3.63) is 54.0 Å². The number of carbonyl (C=O) groups is 4. The number of furan rings is 1. The van der Waals surface area contributed by atoms with Gasteiger partial charge >= 0.3 is 5.97 Å². The molecule has 0 bridgehead atoms. The van der Waals surface area contributed by atoms with Gasteiger partial charge in [-0.05, 0) is 24.3 Å². The molecule has 0 aliphatic carbocycles. The number of ether oxygens (including phenoxy) is 1. The zero-order valence-corrected chi connectivity index (χ0v) is 15.8. The third-order valence-corrected chi connectivity index (χ3v) is 4.29. The van der Waals surface area contributed by atoms with Gasteiger partial charge in [-0.1, -0.05) is 12.1 Å². The predicted molar refractivity (Wildman–Crippen MR) is 100.0 cm³/mol. The molecule has 3 N–H and O–H groups in total. The van der Waals surface area contributed by atoms with Crippen molar-refractivity contribution in [3.8, 4) is 0 Å². The van der Waals surface area contributed by atoms with E-state index in [0.717, 1.165) is 0 Å². The Labute approximate surface area is 165 Å². The molecule has 148 valence electrons. The molecule has 0 saturated carbocycles. The molecule has 0 aliphatic rings. The Kier molecular flexibility index (Phi) is 8.10. The van der Waals surface area contributed by atoms with E-state index in [2.05, 4.69) is 16.2 Å². The maximum Gasteiger partial charge on any atom is 0.339 e. The summed E-state index contributed by atoms with van der Waals surface area (Å²) in [4.78, 5) is 46.9. The minimum absolute atomic E-state index is 0.0913. The van der Waals surface area contributed by atoms with Crippen LogP contribution in [0.4, 0.5) is 0 Å². The smallest absolute Gasteiger partial charge is 0.339 e. The van der Waals surface area contributed by atoms with Gasteiger partial charge in [-0.2, -0.15) is 0 Å². The normalized spacial score (nSPS) is 10.0. The Hall–Kier alpha value is -3.27. The van der Waals surface area contributed by atoms with Crippen LogP contribution < -0.4 is 16.2 Å². The molecule has 1 heterocycles. The largest absolute Gasteiger partial charge is 0.467 e. The van der Waals surface area contributed by atoms with Gasteiger partial charge in [0.15, 0.2) is 6.61 Å². The van der Waals surface area contributed by atoms with E-state index in [0.29, 0.717) is 10.7 Å². The molecule has 1 aromatic carbocycles. The Morgan fingerprint density at radius 3 is 2.54 bits per heavy atom. The molecule has 0 spiro atoms. The molecule has 2 rings (SSSR count). The molecule has 9 nitrogen and oxygen atoms in total. The standard InChI is InChI=1S/C18H19N3O6S/c1-12(22)20-21-16(23)10-27-18(25)14-6-2-3-7-15(14)28-11-17(24)19-9-13-5-4-8-26-13/h2-8H,9-11H2,1H3,(H,19,24)(H,20,22)(H,21,23). The maximum atomic E-state index is 12.2. The van der Waals surface area contributed by atoms with Gasteiger partial charge in [0.1, 0.15) is 5.76 Å². The number of thioether (sulfide) groups is 1. The molecule has 0 unspecified atom stereocenters. The highest BCUT2D eigenvalue weighted by atomic mass is 32.2. The van der Waals surface area contributed by atoms with Crippen molar-refractivity contribution in [3.63, 3.8) is 0 Å². The van der Waals surface area contributed by atoms with Crippen molar-refractivity contribution in [2.75, 3.05) is 12.4 Å². The second-order valence-corrected chi connectivity index (χ2v) is 6.46. The first-order chi connectivity index (χ1) is 13.5. The fourth-order valence-corrected chi connectivity index (χ4v) is 2.83. The van der Waals surface area contributed by atoms with E-state index in [1.807, 2.05) is 0 Å². The minimum atomic E-state index is -0.711. The van der Waals surface area contributed by atoms with Crippen LogP contribution in [0.15, 0.2) is 52.0 Å². The van der Waals surface area contributed by atoms with Gasteiger partial charge in [0.2, 0.25) is 11.8 Å². The highest BCUT2D eigenvalue weighted by Gasteiger charge is 2.15. The van der Waals surface area contributed by atoms with Crippen LogP contribution in [0.25, 0.3) is 0 Å². The maximum absolute atomic E-state index is 12.2. The highest BCUT2D eigenvalue weighted by Crippen LogP contribution is 2.23. The molecule has 3 amide bonds. The summed E-state index contributed by atoms with van der Waals surface area (Å²) in [6, 6.07) is 10.1. The monoisotopic (exact) mass is 405 g/mol. The van der Waals surface area contributed by atoms with Crippen molar-refractivity contribution >= 4 is 35.5 Å². The average Bonchev–Trinajstić information content (AvgIpc) is 3.21. The SMILES string of the molecule is CC(=O)NNC(=O)COC(=O)c1ccccc1SCC(=O)NCc1ccco1. The highest BCUT2D eigenvalue weighted by molar-refractivity contribution is 8.00. The van der Waals surface area contributed by atoms with E-state index < -0.39 is 24.4 Å². The number of esters is 1. The lowest BCUT2D eigenvalue weighted by molar-refractivity contribution is -0.129. The quantitative estimate of drug-likeness (QED) is 0.340. The molecule has 28 heavy (non-hydrogen) atoms. The molecule has 0 radical (unpaired) electrons. The van der Waals surface area contributed by atoms with Crippen molar-refractivity contribution in [2.45, 2.75) is 18.4 Å². The van der Waals surface area contributed by atoms with Crippen molar-refractivity contribution in [1.82, 2.24) is 16.2 Å². The van der Waals surface area contributed by atoms with Crippen LogP contribution in [0.5, 0.6) is 0 Å². The van der Waals surface area contributed by atoms with Crippen molar-refractivity contribution in [2.24, 2.45) is 0 Å². The Morgan fingerprint density at radius 1 is 1.04 bits per heavy atom. The van der Waals surface area contributed by atoms with Gasteiger partial charge in [0.05, 0.1) is 24.1 Å². The number of benzene rings is 1. The molecular weight excluding hydrogens is 386 g/mol. The van der Waals surface area contributed by atoms with E-state index in [-0.39, 0.29) is 23.8 Å². The minimum Gasteiger partial charge on any atom is -0.467 e. The van der Waals surface area contributed by atoms with E-state index in [1.165, 1.54) is 31.0 Å². The average molecular weight is 405 g/mol. The van der Waals surface area contributed by atoms with Gasteiger partial charge < -0.3 is 14.5 Å². The number of hydrazine groups is 1. The fraction of sp³-hybridized carbons (Fsp3) is 0.222. The lowest BCUT2D eigenvalue weighted by Crippen LogP contribution is -2.42. The summed E-state index contributed by atoms with van der Waals surface area (Å²) in [6.07, 6.45) is 1.52. The number of amides is 3. The second kappa shape index (κ2) is 10.8. The van der Waals surface area contributed by atoms with Crippen LogP contribution in [0.1, 0.15) is 23.0 Å². The summed E-state index contributed by atoms with van der Waals surface area (Å²) in [7, 11) is 0. The summed E-state index contributed by atoms with van der Waals surface area (Å²) in [6.45, 7) is 0.950. The van der Waals surface area contributed by atoms with Gasteiger partial charge in [0, 0.05) is 11.8 Å². The number of hydrogen-bond acceptors (Lipinski definition) is 7. The first-order valence-corrected chi connectivity index (χ1v) is 9.17. The van der Waals surface area contributed by atoms with E-state index in [4.69, 9.17) is 9.15 Å². The summed E-state index contributed by atoms with van der Waals surface area (Å²) in [5.74, 6) is -1.33. The lowest BCUT2D eigenvalue weighted by Gasteiger charge is -2.10. The van der Waals surface area contributed by atoms with E-state index >= 15 is 0 Å². The topological polar surface area (TPSA) is 127 Å². The molecule has 0 atom stereocenters. The second-order valence-electron chi connectivity index (χ2n) is 5.45. The number of nitrogens with one attached hydrogen (secondary N) is 3. The fourth-order valence-electron chi connectivity index (χ4n) is 1.96. The number of carbonyl (C=O) groups excluding carboxylic acids is 4. The third-order valence-electron chi connectivity index (χ3n) is 3.22. The first kappa shape index (κ1) is 21.0. The van der Waals surface area contributed by atoms with E-state index in [9.17, 15) is 19.2 Å². The Morgan fingerprint density at radius 2 is 1.82 bits per heavy atom. The molecule has 10 heteroatoms. The Bertz CT molecular complexity index is 838. The number of hydrogen-bond donors (Lipinski definition) is 3. The first-order valence-electron chi connectivity index (χ1n) is 8.19. The van der Waals surface area contributed by atoms with Crippen LogP contribution in [0.2, 0.25) is 0 Å². The number of rotatable bonds is 8. The van der Waals surface area contributed by atoms with Crippen molar-refractivity contribution < 1.29 is 28.3 Å². The molecule has 0 fully saturated rings. The predicted octanol–water partition coefficient (Wildman–Crippen LogP) is 1.01. The van der Waals surface area contributed by atoms with Gasteiger partial charge in [0.25, 0.3) is 5.91 Å². The molecule has 1 aromatic heterocycles. The van der Waals surface area contributed by atoms with Crippen LogP contribution in [0.3, 0.4) is 0 Å². The zero-order valence-electron chi connectivity index (χ0n) is 15.0. The van der Waals surface area contributed by atoms with Crippen molar-refractivity contribution in [1.29, 1.82) is 0 Å². The van der Waals surface area contributed by atoms with Gasteiger partial charge in [-0.3, -0.25) is 25.2 Å². The van der Waals surface area contributed by atoms with Gasteiger partial charge in [-0.25, -0.2) is 4.79 Å².